The second-order valence-corrected chi connectivity index (χ2v) is 6.63. The van der Waals surface area contributed by atoms with E-state index in [-0.39, 0.29) is 4.90 Å². The monoisotopic (exact) mass is 293 g/mol. The first kappa shape index (κ1) is 13.3. The second-order valence-electron chi connectivity index (χ2n) is 4.92. The fourth-order valence-electron chi connectivity index (χ4n) is 2.49. The summed E-state index contributed by atoms with van der Waals surface area (Å²) >= 11 is 0. The minimum atomic E-state index is -3.69. The molecule has 0 spiro atoms. The molecule has 1 heterocycles. The van der Waals surface area contributed by atoms with Crippen molar-refractivity contribution in [2.45, 2.75) is 23.5 Å². The van der Waals surface area contributed by atoms with Crippen LogP contribution in [0.4, 0.5) is 0 Å². The Morgan fingerprint density at radius 3 is 2.85 bits per heavy atom. The van der Waals surface area contributed by atoms with Gasteiger partial charge in [0.15, 0.2) is 0 Å². The van der Waals surface area contributed by atoms with Gasteiger partial charge in [-0.25, -0.2) is 13.1 Å². The van der Waals surface area contributed by atoms with Crippen LogP contribution in [0.5, 0.6) is 0 Å². The maximum atomic E-state index is 12.3. The number of hydrogen-bond donors (Lipinski definition) is 2. The van der Waals surface area contributed by atoms with E-state index in [0.717, 1.165) is 11.1 Å². The van der Waals surface area contributed by atoms with Gasteiger partial charge in [0.1, 0.15) is 4.90 Å². The molecule has 3 rings (SSSR count). The SMILES string of the molecule is Cn1cc(S(=O)(=O)N[C@@H]2c3ccccc3C[C@@H]2O)cn1. The van der Waals surface area contributed by atoms with Crippen LogP contribution < -0.4 is 4.72 Å². The summed E-state index contributed by atoms with van der Waals surface area (Å²) in [5.41, 5.74) is 1.80. The van der Waals surface area contributed by atoms with E-state index >= 15 is 0 Å². The van der Waals surface area contributed by atoms with Crippen molar-refractivity contribution in [3.63, 3.8) is 0 Å². The molecule has 1 aliphatic rings. The molecule has 2 atom stereocenters. The lowest BCUT2D eigenvalue weighted by Crippen LogP contribution is -2.33. The minimum Gasteiger partial charge on any atom is -0.391 e. The Morgan fingerprint density at radius 1 is 1.40 bits per heavy atom. The Labute approximate surface area is 117 Å². The zero-order valence-electron chi connectivity index (χ0n) is 10.9. The van der Waals surface area contributed by atoms with Crippen molar-refractivity contribution in [2.24, 2.45) is 7.05 Å². The van der Waals surface area contributed by atoms with Crippen molar-refractivity contribution in [1.29, 1.82) is 0 Å². The van der Waals surface area contributed by atoms with Crippen molar-refractivity contribution in [1.82, 2.24) is 14.5 Å². The van der Waals surface area contributed by atoms with Gasteiger partial charge in [-0.2, -0.15) is 5.10 Å². The maximum absolute atomic E-state index is 12.3. The third-order valence-corrected chi connectivity index (χ3v) is 4.87. The van der Waals surface area contributed by atoms with Crippen molar-refractivity contribution in [3.8, 4) is 0 Å². The summed E-state index contributed by atoms with van der Waals surface area (Å²) in [5.74, 6) is 0. The molecular weight excluding hydrogens is 278 g/mol. The molecule has 0 saturated carbocycles. The Kier molecular flexibility index (Phi) is 3.12. The number of rotatable bonds is 3. The summed E-state index contributed by atoms with van der Waals surface area (Å²) in [6.45, 7) is 0. The first-order chi connectivity index (χ1) is 9.47. The van der Waals surface area contributed by atoms with Gasteiger partial charge in [-0.1, -0.05) is 24.3 Å². The number of aromatic nitrogens is 2. The van der Waals surface area contributed by atoms with E-state index in [1.807, 2.05) is 24.3 Å². The second kappa shape index (κ2) is 4.69. The number of nitrogens with one attached hydrogen (secondary N) is 1. The topological polar surface area (TPSA) is 84.2 Å². The molecule has 1 aromatic carbocycles. The quantitative estimate of drug-likeness (QED) is 0.855. The molecule has 0 bridgehead atoms. The molecule has 7 heteroatoms. The Hall–Kier alpha value is -1.70. The highest BCUT2D eigenvalue weighted by atomic mass is 32.2. The van der Waals surface area contributed by atoms with Crippen LogP contribution in [0, 0.1) is 0 Å². The van der Waals surface area contributed by atoms with Crippen LogP contribution in [0.1, 0.15) is 17.2 Å². The third kappa shape index (κ3) is 2.24. The summed E-state index contributed by atoms with van der Waals surface area (Å²) in [5, 5.41) is 13.9. The number of aliphatic hydroxyl groups excluding tert-OH is 1. The third-order valence-electron chi connectivity index (χ3n) is 3.48. The Morgan fingerprint density at radius 2 is 2.15 bits per heavy atom. The van der Waals surface area contributed by atoms with Crippen LogP contribution in [-0.2, 0) is 23.5 Å². The molecule has 1 aromatic heterocycles. The zero-order valence-corrected chi connectivity index (χ0v) is 11.7. The summed E-state index contributed by atoms with van der Waals surface area (Å²) < 4.78 is 28.5. The van der Waals surface area contributed by atoms with Crippen molar-refractivity contribution in [2.75, 3.05) is 0 Å². The molecule has 2 N–H and O–H groups in total. The van der Waals surface area contributed by atoms with Gasteiger partial charge in [-0.3, -0.25) is 4.68 Å². The molecule has 0 fully saturated rings. The Balaban J connectivity index is 1.92. The number of sulfonamides is 1. The molecule has 20 heavy (non-hydrogen) atoms. The number of aryl methyl sites for hydroxylation is 1. The molecule has 0 aliphatic heterocycles. The predicted octanol–water partition coefficient (Wildman–Crippen LogP) is 0.357. The van der Waals surface area contributed by atoms with Gasteiger partial charge >= 0.3 is 0 Å². The summed E-state index contributed by atoms with van der Waals surface area (Å²) in [6, 6.07) is 6.83. The maximum Gasteiger partial charge on any atom is 0.244 e. The van der Waals surface area contributed by atoms with Crippen LogP contribution in [-0.4, -0.2) is 29.4 Å². The molecule has 106 valence electrons. The lowest BCUT2D eigenvalue weighted by molar-refractivity contribution is 0.151. The number of hydrogen-bond acceptors (Lipinski definition) is 4. The number of aliphatic hydroxyl groups is 1. The molecular formula is C13H15N3O3S. The van der Waals surface area contributed by atoms with E-state index in [4.69, 9.17) is 0 Å². The first-order valence-electron chi connectivity index (χ1n) is 6.24. The van der Waals surface area contributed by atoms with Gasteiger partial charge in [-0.05, 0) is 11.1 Å². The van der Waals surface area contributed by atoms with Crippen molar-refractivity contribution >= 4 is 10.0 Å². The fraction of sp³-hybridized carbons (Fsp3) is 0.308. The highest BCUT2D eigenvalue weighted by molar-refractivity contribution is 7.89. The van der Waals surface area contributed by atoms with Crippen molar-refractivity contribution < 1.29 is 13.5 Å². The van der Waals surface area contributed by atoms with Crippen LogP contribution in [0.2, 0.25) is 0 Å². The van der Waals surface area contributed by atoms with E-state index in [0.29, 0.717) is 6.42 Å². The molecule has 0 amide bonds. The van der Waals surface area contributed by atoms with E-state index in [1.165, 1.54) is 17.1 Å². The summed E-state index contributed by atoms with van der Waals surface area (Å²) in [6.07, 6.45) is 2.42. The summed E-state index contributed by atoms with van der Waals surface area (Å²) in [4.78, 5) is 0.0941. The van der Waals surface area contributed by atoms with Crippen LogP contribution in [0.25, 0.3) is 0 Å². The Bertz CT molecular complexity index is 739. The van der Waals surface area contributed by atoms with Gasteiger partial charge in [0, 0.05) is 19.7 Å². The highest BCUT2D eigenvalue weighted by Gasteiger charge is 2.34. The molecule has 0 saturated heterocycles. The van der Waals surface area contributed by atoms with E-state index in [9.17, 15) is 13.5 Å². The van der Waals surface area contributed by atoms with E-state index in [1.54, 1.807) is 7.05 Å². The van der Waals surface area contributed by atoms with Gasteiger partial charge in [0.2, 0.25) is 10.0 Å². The van der Waals surface area contributed by atoms with Crippen molar-refractivity contribution in [3.05, 3.63) is 47.8 Å². The van der Waals surface area contributed by atoms with E-state index < -0.39 is 22.2 Å². The number of fused-ring (bicyclic) bond motifs is 1. The van der Waals surface area contributed by atoms with Crippen LogP contribution in [0.15, 0.2) is 41.6 Å². The van der Waals surface area contributed by atoms with Gasteiger partial charge in [-0.15, -0.1) is 0 Å². The molecule has 6 nitrogen and oxygen atoms in total. The lowest BCUT2D eigenvalue weighted by Gasteiger charge is -2.17. The lowest BCUT2D eigenvalue weighted by atomic mass is 10.1. The molecule has 0 unspecified atom stereocenters. The summed E-state index contributed by atoms with van der Waals surface area (Å²) in [7, 11) is -2.04. The van der Waals surface area contributed by atoms with Gasteiger partial charge in [0.25, 0.3) is 0 Å². The van der Waals surface area contributed by atoms with Gasteiger partial charge < -0.3 is 5.11 Å². The number of nitrogens with zero attached hydrogens (tertiary/aromatic N) is 2. The normalized spacial score (nSPS) is 21.9. The van der Waals surface area contributed by atoms with Crippen LogP contribution >= 0.6 is 0 Å². The minimum absolute atomic E-state index is 0.0941. The average molecular weight is 293 g/mol. The average Bonchev–Trinajstić information content (AvgIpc) is 2.95. The largest absolute Gasteiger partial charge is 0.391 e. The molecule has 0 radical (unpaired) electrons. The smallest absolute Gasteiger partial charge is 0.244 e. The van der Waals surface area contributed by atoms with E-state index in [2.05, 4.69) is 9.82 Å². The highest BCUT2D eigenvalue weighted by Crippen LogP contribution is 2.32. The number of benzene rings is 1. The fourth-order valence-corrected chi connectivity index (χ4v) is 3.72. The predicted molar refractivity (Wildman–Crippen MR) is 72.4 cm³/mol. The van der Waals surface area contributed by atoms with Crippen LogP contribution in [0.3, 0.4) is 0 Å². The molecule has 2 aromatic rings. The van der Waals surface area contributed by atoms with Gasteiger partial charge in [0.05, 0.1) is 18.3 Å². The molecule has 1 aliphatic carbocycles. The zero-order chi connectivity index (χ0) is 14.3. The standard InChI is InChI=1S/C13H15N3O3S/c1-16-8-10(7-14-16)20(18,19)15-13-11-5-3-2-4-9(11)6-12(13)17/h2-5,7-8,12-13,15,17H,6H2,1H3/t12-,13+/m0/s1. The first-order valence-corrected chi connectivity index (χ1v) is 7.72.